The molecule has 0 aliphatic heterocycles. The molecule has 3 aromatic carbocycles. The number of carbonyl (C=O) groups excluding carboxylic acids is 1. The summed E-state index contributed by atoms with van der Waals surface area (Å²) < 4.78 is 4.91. The van der Waals surface area contributed by atoms with E-state index in [-0.39, 0.29) is 16.9 Å². The SMILES string of the molecule is COC(=O)C1C=C(c2ccc3cc(C(O)[Si](c4ccccc4)(c4ccccc4)C(C)(C)C)ccc3n2)CC1. The molecule has 38 heavy (non-hydrogen) atoms. The van der Waals surface area contributed by atoms with Gasteiger partial charge in [0.2, 0.25) is 0 Å². The molecular weight excluding hydrogens is 486 g/mol. The molecule has 5 heteroatoms. The molecule has 1 aliphatic carbocycles. The van der Waals surface area contributed by atoms with E-state index in [0.29, 0.717) is 0 Å². The van der Waals surface area contributed by atoms with Crippen molar-refractivity contribution in [3.8, 4) is 0 Å². The van der Waals surface area contributed by atoms with Crippen LogP contribution in [0.5, 0.6) is 0 Å². The Kier molecular flexibility index (Phi) is 7.08. The molecule has 2 atom stereocenters. The number of methoxy groups -OCH3 is 1. The highest BCUT2D eigenvalue weighted by Crippen LogP contribution is 2.44. The number of carbonyl (C=O) groups is 1. The maximum absolute atomic E-state index is 12.4. The van der Waals surface area contributed by atoms with Gasteiger partial charge in [0.25, 0.3) is 0 Å². The summed E-state index contributed by atoms with van der Waals surface area (Å²) in [5.74, 6) is -0.390. The number of allylic oxidation sites excluding steroid dienone is 1. The Morgan fingerprint density at radius 2 is 1.58 bits per heavy atom. The quantitative estimate of drug-likeness (QED) is 0.256. The predicted octanol–water partition coefficient (Wildman–Crippen LogP) is 5.84. The smallest absolute Gasteiger partial charge is 0.312 e. The summed E-state index contributed by atoms with van der Waals surface area (Å²) in [7, 11) is -1.32. The summed E-state index contributed by atoms with van der Waals surface area (Å²) in [6.45, 7) is 6.77. The zero-order chi connectivity index (χ0) is 26.9. The van der Waals surface area contributed by atoms with E-state index in [4.69, 9.17) is 9.72 Å². The fraction of sp³-hybridized carbons (Fsp3) is 0.273. The zero-order valence-electron chi connectivity index (χ0n) is 22.5. The van der Waals surface area contributed by atoms with Crippen LogP contribution < -0.4 is 10.4 Å². The van der Waals surface area contributed by atoms with Crippen LogP contribution in [0.4, 0.5) is 0 Å². The van der Waals surface area contributed by atoms with Crippen LogP contribution >= 0.6 is 0 Å². The van der Waals surface area contributed by atoms with Gasteiger partial charge in [-0.25, -0.2) is 4.98 Å². The van der Waals surface area contributed by atoms with Gasteiger partial charge in [-0.1, -0.05) is 110 Å². The van der Waals surface area contributed by atoms with Crippen LogP contribution in [0.25, 0.3) is 16.5 Å². The van der Waals surface area contributed by atoms with E-state index < -0.39 is 13.8 Å². The summed E-state index contributed by atoms with van der Waals surface area (Å²) in [4.78, 5) is 16.9. The van der Waals surface area contributed by atoms with E-state index in [1.807, 2.05) is 36.4 Å². The van der Waals surface area contributed by atoms with Crippen LogP contribution in [-0.2, 0) is 9.53 Å². The standard InChI is InChI=1S/C33H35NO3Si/c1-33(2,3)38(27-11-7-5-8-12-27,28-13-9-6-10-14-28)32(36)26-18-20-30-24(22-26)17-19-29(34-30)23-15-16-25(21-23)31(35)37-4/h5-14,17-22,25,32,36H,15-16H2,1-4H3. The van der Waals surface area contributed by atoms with Crippen LogP contribution in [0.3, 0.4) is 0 Å². The van der Waals surface area contributed by atoms with Crippen molar-refractivity contribution in [1.82, 2.24) is 4.98 Å². The number of aliphatic hydroxyl groups is 1. The minimum Gasteiger partial charge on any atom is -0.469 e. The van der Waals surface area contributed by atoms with Crippen molar-refractivity contribution in [3.63, 3.8) is 0 Å². The third-order valence-electron chi connectivity index (χ3n) is 8.04. The van der Waals surface area contributed by atoms with Crippen molar-refractivity contribution < 1.29 is 14.6 Å². The predicted molar refractivity (Wildman–Crippen MR) is 157 cm³/mol. The summed E-state index contributed by atoms with van der Waals surface area (Å²) in [6, 6.07) is 31.3. The summed E-state index contributed by atoms with van der Waals surface area (Å²) in [6.07, 6.45) is 3.55. The van der Waals surface area contributed by atoms with Gasteiger partial charge >= 0.3 is 5.97 Å². The Morgan fingerprint density at radius 3 is 2.16 bits per heavy atom. The molecule has 0 radical (unpaired) electrons. The summed E-state index contributed by atoms with van der Waals surface area (Å²) >= 11 is 0. The van der Waals surface area contributed by atoms with Crippen molar-refractivity contribution in [2.24, 2.45) is 5.92 Å². The lowest BCUT2D eigenvalue weighted by atomic mass is 10.1. The van der Waals surface area contributed by atoms with Gasteiger partial charge in [-0.15, -0.1) is 0 Å². The van der Waals surface area contributed by atoms with Crippen LogP contribution in [0, 0.1) is 5.92 Å². The molecule has 4 aromatic rings. The fourth-order valence-electron chi connectivity index (χ4n) is 6.17. The monoisotopic (exact) mass is 521 g/mol. The van der Waals surface area contributed by atoms with E-state index in [2.05, 4.69) is 81.4 Å². The normalized spacial score (nSPS) is 16.8. The van der Waals surface area contributed by atoms with Gasteiger partial charge in [0.1, 0.15) is 0 Å². The van der Waals surface area contributed by atoms with Gasteiger partial charge in [0.15, 0.2) is 8.07 Å². The molecule has 1 N–H and O–H groups in total. The highest BCUT2D eigenvalue weighted by molar-refractivity contribution is 7.04. The van der Waals surface area contributed by atoms with Crippen molar-refractivity contribution in [2.45, 2.75) is 44.4 Å². The van der Waals surface area contributed by atoms with Gasteiger partial charge in [-0.2, -0.15) is 0 Å². The first kappa shape index (κ1) is 26.1. The van der Waals surface area contributed by atoms with E-state index in [9.17, 15) is 9.90 Å². The first-order valence-electron chi connectivity index (χ1n) is 13.2. The second-order valence-corrected chi connectivity index (χ2v) is 16.0. The topological polar surface area (TPSA) is 59.4 Å². The molecule has 2 unspecified atom stereocenters. The van der Waals surface area contributed by atoms with Crippen molar-refractivity contribution in [2.75, 3.05) is 7.11 Å². The number of nitrogens with zero attached hydrogens (tertiary/aromatic N) is 1. The number of fused-ring (bicyclic) bond motifs is 1. The number of pyridine rings is 1. The molecule has 194 valence electrons. The molecule has 0 saturated carbocycles. The third kappa shape index (κ3) is 4.50. The second-order valence-electron chi connectivity index (χ2n) is 11.2. The molecule has 1 aromatic heterocycles. The molecule has 0 bridgehead atoms. The Balaban J connectivity index is 1.59. The third-order valence-corrected chi connectivity index (χ3v) is 14.0. The minimum atomic E-state index is -2.75. The second kappa shape index (κ2) is 10.3. The van der Waals surface area contributed by atoms with E-state index >= 15 is 0 Å². The average molecular weight is 522 g/mol. The maximum Gasteiger partial charge on any atom is 0.312 e. The Labute approximate surface area is 226 Å². The van der Waals surface area contributed by atoms with Crippen LogP contribution in [0.2, 0.25) is 5.04 Å². The number of aromatic nitrogens is 1. The van der Waals surface area contributed by atoms with Crippen LogP contribution in [-0.4, -0.2) is 31.2 Å². The average Bonchev–Trinajstić information content (AvgIpc) is 3.43. The van der Waals surface area contributed by atoms with Gasteiger partial charge in [0.05, 0.1) is 30.0 Å². The van der Waals surface area contributed by atoms with Gasteiger partial charge in [0, 0.05) is 5.39 Å². The lowest BCUT2D eigenvalue weighted by Gasteiger charge is -2.47. The number of hydrogen-bond acceptors (Lipinski definition) is 4. The Morgan fingerprint density at radius 1 is 0.947 bits per heavy atom. The van der Waals surface area contributed by atoms with Gasteiger partial charge < -0.3 is 9.84 Å². The van der Waals surface area contributed by atoms with Crippen LogP contribution in [0.1, 0.15) is 50.6 Å². The van der Waals surface area contributed by atoms with E-state index in [1.165, 1.54) is 17.5 Å². The molecule has 0 saturated heterocycles. The molecular formula is C33H35NO3Si. The largest absolute Gasteiger partial charge is 0.469 e. The number of ether oxygens (including phenoxy) is 1. The Bertz CT molecular complexity index is 1440. The number of hydrogen-bond donors (Lipinski definition) is 1. The van der Waals surface area contributed by atoms with E-state index in [1.54, 1.807) is 0 Å². The number of benzene rings is 3. The first-order valence-corrected chi connectivity index (χ1v) is 15.3. The number of aliphatic hydroxyl groups excluding tert-OH is 1. The molecule has 0 amide bonds. The fourth-order valence-corrected chi connectivity index (χ4v) is 11.8. The minimum absolute atomic E-state index is 0.169. The van der Waals surface area contributed by atoms with Gasteiger partial charge in [-0.3, -0.25) is 4.79 Å². The zero-order valence-corrected chi connectivity index (χ0v) is 23.5. The van der Waals surface area contributed by atoms with Crippen LogP contribution in [0.15, 0.2) is 97.1 Å². The maximum atomic E-state index is 12.4. The highest BCUT2D eigenvalue weighted by Gasteiger charge is 2.53. The summed E-state index contributed by atoms with van der Waals surface area (Å²) in [5, 5.41) is 15.6. The Hall–Kier alpha value is -3.54. The number of rotatable bonds is 6. The van der Waals surface area contributed by atoms with Gasteiger partial charge in [-0.05, 0) is 47.2 Å². The lowest BCUT2D eigenvalue weighted by molar-refractivity contribution is -0.143. The molecule has 0 spiro atoms. The molecule has 1 heterocycles. The molecule has 0 fully saturated rings. The highest BCUT2D eigenvalue weighted by atomic mass is 28.3. The van der Waals surface area contributed by atoms with E-state index in [0.717, 1.165) is 40.6 Å². The van der Waals surface area contributed by atoms with Crippen molar-refractivity contribution in [1.29, 1.82) is 0 Å². The summed E-state index contributed by atoms with van der Waals surface area (Å²) in [5.41, 5.74) is 3.10. The molecule has 4 nitrogen and oxygen atoms in total. The molecule has 5 rings (SSSR count). The van der Waals surface area contributed by atoms with Crippen molar-refractivity contribution >= 4 is 40.9 Å². The lowest BCUT2D eigenvalue weighted by Crippen LogP contribution is -2.68. The molecule has 1 aliphatic rings. The first-order chi connectivity index (χ1) is 18.3. The number of esters is 1. The van der Waals surface area contributed by atoms with Crippen molar-refractivity contribution in [3.05, 3.63) is 108 Å².